The average molecular weight is 319 g/mol. The Labute approximate surface area is 134 Å². The molecule has 2 saturated heterocycles. The van der Waals surface area contributed by atoms with Crippen LogP contribution in [0.5, 0.6) is 0 Å². The second-order valence-corrected chi connectivity index (χ2v) is 5.68. The molecule has 2 N–H and O–H groups in total. The summed E-state index contributed by atoms with van der Waals surface area (Å²) >= 11 is 5.32. The molecule has 0 aliphatic carbocycles. The van der Waals surface area contributed by atoms with Gasteiger partial charge in [0.25, 0.3) is 0 Å². The van der Waals surface area contributed by atoms with Gasteiger partial charge in [-0.2, -0.15) is 5.26 Å². The Morgan fingerprint density at radius 2 is 2.18 bits per heavy atom. The number of hydrogen-bond donors (Lipinski definition) is 2. The zero-order chi connectivity index (χ0) is 15.5. The first kappa shape index (κ1) is 15.2. The van der Waals surface area contributed by atoms with Crippen molar-refractivity contribution in [3.63, 3.8) is 0 Å². The molecule has 2 fully saturated rings. The van der Waals surface area contributed by atoms with Crippen LogP contribution in [-0.4, -0.2) is 49.8 Å². The van der Waals surface area contributed by atoms with Crippen LogP contribution >= 0.6 is 12.2 Å². The molecule has 0 amide bonds. The van der Waals surface area contributed by atoms with Gasteiger partial charge in [-0.3, -0.25) is 0 Å². The van der Waals surface area contributed by atoms with Gasteiger partial charge in [-0.15, -0.1) is 0 Å². The van der Waals surface area contributed by atoms with Crippen molar-refractivity contribution in [1.29, 1.82) is 5.26 Å². The lowest BCUT2D eigenvalue weighted by molar-refractivity contribution is -0.00798. The van der Waals surface area contributed by atoms with E-state index in [9.17, 15) is 0 Å². The minimum Gasteiger partial charge on any atom is -0.376 e. The van der Waals surface area contributed by atoms with Crippen LogP contribution in [0.4, 0.5) is 5.69 Å². The standard InChI is InChI=1S/C15H17N3O3S/c1-19-12-8-21-13-11(7-20-14(12)13)18-15(22)17-10-4-2-3-9(5-10)6-16/h2-5,11-14H,7-8H2,1H3,(H2,17,18,22)/t11-,12-,13-,14+/m0/s1. The molecule has 22 heavy (non-hydrogen) atoms. The molecular weight excluding hydrogens is 302 g/mol. The highest BCUT2D eigenvalue weighted by molar-refractivity contribution is 7.80. The zero-order valence-electron chi connectivity index (χ0n) is 12.1. The van der Waals surface area contributed by atoms with E-state index in [-0.39, 0.29) is 24.4 Å². The number of nitrogens with one attached hydrogen (secondary N) is 2. The Bertz CT molecular complexity index is 604. The maximum atomic E-state index is 8.91. The van der Waals surface area contributed by atoms with Gasteiger partial charge >= 0.3 is 0 Å². The topological polar surface area (TPSA) is 75.5 Å². The van der Waals surface area contributed by atoms with Gasteiger partial charge in [-0.05, 0) is 30.4 Å². The SMILES string of the molecule is CO[C@H]1CO[C@@H]2[C@@H]1OC[C@@H]2NC(=S)Nc1cccc(C#N)c1. The second-order valence-electron chi connectivity index (χ2n) is 5.27. The fraction of sp³-hybridized carbons (Fsp3) is 0.467. The van der Waals surface area contributed by atoms with Crippen LogP contribution in [0.3, 0.4) is 0 Å². The summed E-state index contributed by atoms with van der Waals surface area (Å²) in [6.07, 6.45) is -0.131. The van der Waals surface area contributed by atoms with Gasteiger partial charge in [-0.1, -0.05) is 6.07 Å². The summed E-state index contributed by atoms with van der Waals surface area (Å²) in [6, 6.07) is 9.24. The first-order chi connectivity index (χ1) is 10.7. The normalized spacial score (nSPS) is 29.6. The van der Waals surface area contributed by atoms with Crippen molar-refractivity contribution in [1.82, 2.24) is 5.32 Å². The van der Waals surface area contributed by atoms with Crippen molar-refractivity contribution in [3.05, 3.63) is 29.8 Å². The van der Waals surface area contributed by atoms with Crippen molar-refractivity contribution in [2.75, 3.05) is 25.6 Å². The van der Waals surface area contributed by atoms with Gasteiger partial charge < -0.3 is 24.8 Å². The first-order valence-electron chi connectivity index (χ1n) is 7.05. The van der Waals surface area contributed by atoms with Crippen LogP contribution in [0.25, 0.3) is 0 Å². The van der Waals surface area contributed by atoms with E-state index in [2.05, 4.69) is 16.7 Å². The summed E-state index contributed by atoms with van der Waals surface area (Å²) in [5, 5.41) is 15.7. The Morgan fingerprint density at radius 3 is 2.95 bits per heavy atom. The van der Waals surface area contributed by atoms with Gasteiger partial charge in [0.1, 0.15) is 18.3 Å². The molecule has 0 radical (unpaired) electrons. The summed E-state index contributed by atoms with van der Waals surface area (Å²) in [6.45, 7) is 1.06. The smallest absolute Gasteiger partial charge is 0.171 e. The van der Waals surface area contributed by atoms with E-state index in [0.717, 1.165) is 5.69 Å². The predicted octanol–water partition coefficient (Wildman–Crippen LogP) is 1.03. The number of thiocarbonyl (C=S) groups is 1. The summed E-state index contributed by atoms with van der Waals surface area (Å²) in [4.78, 5) is 0. The number of rotatable bonds is 3. The van der Waals surface area contributed by atoms with E-state index < -0.39 is 0 Å². The minimum absolute atomic E-state index is 0.00991. The molecule has 0 bridgehead atoms. The molecule has 3 rings (SSSR count). The zero-order valence-corrected chi connectivity index (χ0v) is 12.9. The number of nitriles is 1. The van der Waals surface area contributed by atoms with Gasteiger partial charge in [0.05, 0.1) is 30.9 Å². The summed E-state index contributed by atoms with van der Waals surface area (Å²) in [5.74, 6) is 0. The van der Waals surface area contributed by atoms with Crippen molar-refractivity contribution >= 4 is 23.0 Å². The van der Waals surface area contributed by atoms with Crippen molar-refractivity contribution < 1.29 is 14.2 Å². The molecule has 7 heteroatoms. The third kappa shape index (κ3) is 3.05. The van der Waals surface area contributed by atoms with E-state index in [0.29, 0.717) is 23.9 Å². The van der Waals surface area contributed by atoms with Gasteiger partial charge in [-0.25, -0.2) is 0 Å². The molecule has 116 valence electrons. The Morgan fingerprint density at radius 1 is 1.36 bits per heavy atom. The van der Waals surface area contributed by atoms with E-state index in [1.54, 1.807) is 19.2 Å². The number of fused-ring (bicyclic) bond motifs is 1. The van der Waals surface area contributed by atoms with E-state index in [1.165, 1.54) is 0 Å². The summed E-state index contributed by atoms with van der Waals surface area (Å²) in [5.41, 5.74) is 1.35. The molecule has 2 aliphatic heterocycles. The summed E-state index contributed by atoms with van der Waals surface area (Å²) < 4.78 is 16.8. The maximum absolute atomic E-state index is 8.91. The van der Waals surface area contributed by atoms with Crippen molar-refractivity contribution in [3.8, 4) is 6.07 Å². The third-order valence-corrected chi connectivity index (χ3v) is 4.10. The average Bonchev–Trinajstić information content (AvgIpc) is 3.10. The lowest BCUT2D eigenvalue weighted by atomic mass is 10.1. The highest BCUT2D eigenvalue weighted by atomic mass is 32.1. The first-order valence-corrected chi connectivity index (χ1v) is 7.46. The Balaban J connectivity index is 1.57. The fourth-order valence-electron chi connectivity index (χ4n) is 2.79. The molecule has 6 nitrogen and oxygen atoms in total. The number of anilines is 1. The largest absolute Gasteiger partial charge is 0.376 e. The molecule has 1 aromatic carbocycles. The number of methoxy groups -OCH3 is 1. The number of nitrogens with zero attached hydrogens (tertiary/aromatic N) is 1. The predicted molar refractivity (Wildman–Crippen MR) is 84.6 cm³/mol. The van der Waals surface area contributed by atoms with Crippen LogP contribution in [-0.2, 0) is 14.2 Å². The van der Waals surface area contributed by atoms with Crippen LogP contribution in [0.15, 0.2) is 24.3 Å². The molecule has 0 unspecified atom stereocenters. The molecule has 0 saturated carbocycles. The van der Waals surface area contributed by atoms with E-state index >= 15 is 0 Å². The quantitative estimate of drug-likeness (QED) is 0.806. The third-order valence-electron chi connectivity index (χ3n) is 3.88. The number of benzene rings is 1. The highest BCUT2D eigenvalue weighted by Gasteiger charge is 2.48. The lowest BCUT2D eigenvalue weighted by Gasteiger charge is -2.19. The second kappa shape index (κ2) is 6.58. The number of ether oxygens (including phenoxy) is 3. The van der Waals surface area contributed by atoms with Crippen molar-refractivity contribution in [2.24, 2.45) is 0 Å². The van der Waals surface area contributed by atoms with E-state index in [1.807, 2.05) is 12.1 Å². The fourth-order valence-corrected chi connectivity index (χ4v) is 3.06. The molecular formula is C15H17N3O3S. The van der Waals surface area contributed by atoms with Crippen LogP contribution in [0.2, 0.25) is 0 Å². The van der Waals surface area contributed by atoms with E-state index in [4.69, 9.17) is 31.7 Å². The van der Waals surface area contributed by atoms with Gasteiger partial charge in [0, 0.05) is 12.8 Å². The molecule has 0 aromatic heterocycles. The molecule has 2 aliphatic rings. The minimum atomic E-state index is -0.0601. The van der Waals surface area contributed by atoms with Gasteiger partial charge in [0.15, 0.2) is 5.11 Å². The molecule has 2 heterocycles. The molecule has 0 spiro atoms. The lowest BCUT2D eigenvalue weighted by Crippen LogP contribution is -2.45. The van der Waals surface area contributed by atoms with Crippen molar-refractivity contribution in [2.45, 2.75) is 24.4 Å². The van der Waals surface area contributed by atoms with Crippen LogP contribution in [0.1, 0.15) is 5.56 Å². The maximum Gasteiger partial charge on any atom is 0.171 e. The monoisotopic (exact) mass is 319 g/mol. The van der Waals surface area contributed by atoms with Crippen LogP contribution < -0.4 is 10.6 Å². The highest BCUT2D eigenvalue weighted by Crippen LogP contribution is 2.28. The molecule has 4 atom stereocenters. The Kier molecular flexibility index (Phi) is 4.55. The molecule has 1 aromatic rings. The Hall–Kier alpha value is -1.72. The van der Waals surface area contributed by atoms with Gasteiger partial charge in [0.2, 0.25) is 0 Å². The number of hydrogen-bond acceptors (Lipinski definition) is 5. The van der Waals surface area contributed by atoms with Crippen LogP contribution in [0, 0.1) is 11.3 Å². The summed E-state index contributed by atoms with van der Waals surface area (Å²) in [7, 11) is 1.66.